The van der Waals surface area contributed by atoms with Gasteiger partial charge < -0.3 is 5.32 Å². The molecule has 6 rings (SSSR count). The van der Waals surface area contributed by atoms with E-state index < -0.39 is 23.5 Å². The minimum Gasteiger partial charge on any atom is -0.350 e. The predicted molar refractivity (Wildman–Crippen MR) is 163 cm³/mol. The van der Waals surface area contributed by atoms with E-state index in [-0.39, 0.29) is 16.4 Å². The minimum atomic E-state index is -0.739. The highest BCUT2D eigenvalue weighted by Gasteiger charge is 2.39. The molecule has 206 valence electrons. The van der Waals surface area contributed by atoms with Crippen molar-refractivity contribution >= 4 is 57.2 Å². The lowest BCUT2D eigenvalue weighted by Crippen LogP contribution is -2.32. The number of imide groups is 1. The highest BCUT2D eigenvalue weighted by molar-refractivity contribution is 7.19. The molecule has 0 fully saturated rings. The SMILES string of the molecule is O=C(Nc1nc(-c2ccccc2)c(-c2ccccc2)s1)c1cccc(NC2=C(Cl)C(=O)N(c3ccc(F)cc3)C2=O)c1. The lowest BCUT2D eigenvalue weighted by Gasteiger charge is -2.15. The first-order valence-corrected chi connectivity index (χ1v) is 13.9. The van der Waals surface area contributed by atoms with Crippen LogP contribution in [0.1, 0.15) is 10.4 Å². The number of rotatable bonds is 7. The van der Waals surface area contributed by atoms with E-state index in [2.05, 4.69) is 10.6 Å². The molecule has 2 heterocycles. The summed E-state index contributed by atoms with van der Waals surface area (Å²) in [6.45, 7) is 0. The smallest absolute Gasteiger partial charge is 0.283 e. The molecule has 2 N–H and O–H groups in total. The number of amides is 3. The van der Waals surface area contributed by atoms with Crippen LogP contribution in [0.5, 0.6) is 0 Å². The molecule has 0 atom stereocenters. The zero-order valence-corrected chi connectivity index (χ0v) is 23.2. The molecule has 10 heteroatoms. The van der Waals surface area contributed by atoms with Crippen LogP contribution in [-0.2, 0) is 9.59 Å². The Labute approximate surface area is 248 Å². The van der Waals surface area contributed by atoms with Gasteiger partial charge in [-0.2, -0.15) is 0 Å². The van der Waals surface area contributed by atoms with Gasteiger partial charge in [0, 0.05) is 16.8 Å². The molecule has 1 aliphatic heterocycles. The lowest BCUT2D eigenvalue weighted by molar-refractivity contribution is -0.120. The molecule has 0 unspecified atom stereocenters. The van der Waals surface area contributed by atoms with Crippen LogP contribution in [0.25, 0.3) is 21.7 Å². The number of nitrogens with one attached hydrogen (secondary N) is 2. The van der Waals surface area contributed by atoms with Crippen LogP contribution in [0.15, 0.2) is 120 Å². The number of anilines is 3. The lowest BCUT2D eigenvalue weighted by atomic mass is 10.1. The van der Waals surface area contributed by atoms with Gasteiger partial charge in [-0.1, -0.05) is 89.7 Å². The molecule has 0 saturated carbocycles. The summed E-state index contributed by atoms with van der Waals surface area (Å²) >= 11 is 7.59. The number of hydrogen-bond donors (Lipinski definition) is 2. The summed E-state index contributed by atoms with van der Waals surface area (Å²) in [4.78, 5) is 45.6. The second kappa shape index (κ2) is 11.4. The maximum Gasteiger partial charge on any atom is 0.283 e. The molecule has 1 aliphatic rings. The van der Waals surface area contributed by atoms with Gasteiger partial charge in [0.15, 0.2) is 5.13 Å². The largest absolute Gasteiger partial charge is 0.350 e. The fraction of sp³-hybridized carbons (Fsp3) is 0. The first-order valence-electron chi connectivity index (χ1n) is 12.7. The fourth-order valence-corrected chi connectivity index (χ4v) is 5.64. The van der Waals surface area contributed by atoms with E-state index in [0.29, 0.717) is 16.4 Å². The predicted octanol–water partition coefficient (Wildman–Crippen LogP) is 7.30. The van der Waals surface area contributed by atoms with E-state index in [9.17, 15) is 18.8 Å². The van der Waals surface area contributed by atoms with Gasteiger partial charge in [0.25, 0.3) is 17.7 Å². The molecule has 7 nitrogen and oxygen atoms in total. The monoisotopic (exact) mass is 594 g/mol. The van der Waals surface area contributed by atoms with Gasteiger partial charge in [-0.05, 0) is 48.0 Å². The second-order valence-corrected chi connectivity index (χ2v) is 10.6. The maximum absolute atomic E-state index is 13.4. The third-order valence-electron chi connectivity index (χ3n) is 6.44. The number of thiazole rings is 1. The molecule has 0 radical (unpaired) electrons. The number of hydrogen-bond acceptors (Lipinski definition) is 6. The van der Waals surface area contributed by atoms with Gasteiger partial charge in [0.1, 0.15) is 16.5 Å². The van der Waals surface area contributed by atoms with Crippen LogP contribution in [0.2, 0.25) is 0 Å². The zero-order chi connectivity index (χ0) is 29.2. The normalized spacial score (nSPS) is 13.0. The van der Waals surface area contributed by atoms with Crippen LogP contribution in [0.3, 0.4) is 0 Å². The summed E-state index contributed by atoms with van der Waals surface area (Å²) in [5.41, 5.74) is 3.36. The summed E-state index contributed by atoms with van der Waals surface area (Å²) in [5, 5.41) is 5.85. The van der Waals surface area contributed by atoms with Crippen molar-refractivity contribution < 1.29 is 18.8 Å². The Morgan fingerprint density at radius 1 is 0.810 bits per heavy atom. The van der Waals surface area contributed by atoms with Crippen molar-refractivity contribution in [2.24, 2.45) is 0 Å². The molecule has 5 aromatic rings. The van der Waals surface area contributed by atoms with E-state index in [0.717, 1.165) is 38.7 Å². The summed E-state index contributed by atoms with van der Waals surface area (Å²) in [5.74, 6) is -2.35. The number of aromatic nitrogens is 1. The van der Waals surface area contributed by atoms with Crippen LogP contribution in [0, 0.1) is 5.82 Å². The highest BCUT2D eigenvalue weighted by atomic mass is 35.5. The van der Waals surface area contributed by atoms with Gasteiger partial charge in [0.05, 0.1) is 16.3 Å². The van der Waals surface area contributed by atoms with Crippen LogP contribution >= 0.6 is 22.9 Å². The standard InChI is InChI=1S/C32H20ClFN4O3S/c33-25-27(31(41)38(30(25)40)24-16-14-22(34)15-17-24)35-23-13-7-12-21(18-23)29(39)37-32-36-26(19-8-3-1-4-9-19)28(42-32)20-10-5-2-6-11-20/h1-18,35H,(H,36,37,39). The molecule has 4 aromatic carbocycles. The fourth-order valence-electron chi connectivity index (χ4n) is 4.44. The third-order valence-corrected chi connectivity index (χ3v) is 7.81. The Morgan fingerprint density at radius 2 is 1.48 bits per heavy atom. The Kier molecular flexibility index (Phi) is 7.35. The van der Waals surface area contributed by atoms with E-state index in [1.165, 1.54) is 29.5 Å². The maximum atomic E-state index is 13.4. The van der Waals surface area contributed by atoms with Crippen LogP contribution in [0.4, 0.5) is 20.9 Å². The van der Waals surface area contributed by atoms with Gasteiger partial charge in [-0.25, -0.2) is 14.3 Å². The first kappa shape index (κ1) is 27.1. The summed E-state index contributed by atoms with van der Waals surface area (Å²) in [6, 6.07) is 30.9. The Bertz CT molecular complexity index is 1800. The van der Waals surface area contributed by atoms with E-state index in [4.69, 9.17) is 16.6 Å². The topological polar surface area (TPSA) is 91.4 Å². The van der Waals surface area contributed by atoms with Gasteiger partial charge in [-0.15, -0.1) is 0 Å². The Balaban J connectivity index is 1.23. The van der Waals surface area contributed by atoms with Crippen LogP contribution < -0.4 is 15.5 Å². The van der Waals surface area contributed by atoms with E-state index in [1.807, 2.05) is 60.7 Å². The number of halogens is 2. The van der Waals surface area contributed by atoms with Gasteiger partial charge in [-0.3, -0.25) is 19.7 Å². The molecule has 42 heavy (non-hydrogen) atoms. The number of benzene rings is 4. The molecule has 0 spiro atoms. The van der Waals surface area contributed by atoms with E-state index >= 15 is 0 Å². The van der Waals surface area contributed by atoms with Crippen molar-refractivity contribution in [1.82, 2.24) is 4.98 Å². The van der Waals surface area contributed by atoms with Crippen molar-refractivity contribution in [3.63, 3.8) is 0 Å². The van der Waals surface area contributed by atoms with E-state index in [1.54, 1.807) is 18.2 Å². The minimum absolute atomic E-state index is 0.150. The van der Waals surface area contributed by atoms with Crippen LogP contribution in [-0.4, -0.2) is 22.7 Å². The number of carbonyl (C=O) groups excluding carboxylic acids is 3. The quantitative estimate of drug-likeness (QED) is 0.193. The number of nitrogens with zero attached hydrogens (tertiary/aromatic N) is 2. The summed E-state index contributed by atoms with van der Waals surface area (Å²) in [7, 11) is 0. The van der Waals surface area contributed by atoms with Gasteiger partial charge in [0.2, 0.25) is 0 Å². The Morgan fingerprint density at radius 3 is 2.17 bits per heavy atom. The number of carbonyl (C=O) groups is 3. The summed E-state index contributed by atoms with van der Waals surface area (Å²) in [6.07, 6.45) is 0. The molecule has 0 aliphatic carbocycles. The molecular formula is C32H20ClFN4O3S. The summed E-state index contributed by atoms with van der Waals surface area (Å²) < 4.78 is 13.4. The van der Waals surface area contributed by atoms with Crippen molar-refractivity contribution in [2.75, 3.05) is 15.5 Å². The highest BCUT2D eigenvalue weighted by Crippen LogP contribution is 2.39. The average molecular weight is 595 g/mol. The second-order valence-electron chi connectivity index (χ2n) is 9.20. The van der Waals surface area contributed by atoms with Crippen molar-refractivity contribution in [3.8, 4) is 21.7 Å². The zero-order valence-electron chi connectivity index (χ0n) is 21.7. The molecule has 0 saturated heterocycles. The molecule has 3 amide bonds. The average Bonchev–Trinajstić information content (AvgIpc) is 3.53. The third kappa shape index (κ3) is 5.30. The van der Waals surface area contributed by atoms with Crippen molar-refractivity contribution in [2.45, 2.75) is 0 Å². The molecular weight excluding hydrogens is 575 g/mol. The van der Waals surface area contributed by atoms with Gasteiger partial charge >= 0.3 is 0 Å². The Hall–Kier alpha value is -5.12. The molecule has 1 aromatic heterocycles. The van der Waals surface area contributed by atoms with Crippen molar-refractivity contribution in [1.29, 1.82) is 0 Å². The first-order chi connectivity index (χ1) is 20.4. The van der Waals surface area contributed by atoms with Crippen molar-refractivity contribution in [3.05, 3.63) is 131 Å². The molecule has 0 bridgehead atoms.